The van der Waals surface area contributed by atoms with Gasteiger partial charge in [0.25, 0.3) is 5.91 Å². The molecule has 0 aliphatic rings. The summed E-state index contributed by atoms with van der Waals surface area (Å²) in [4.78, 5) is 12.5. The fraction of sp³-hybridized carbons (Fsp3) is 0.250. The quantitative estimate of drug-likeness (QED) is 0.911. The third-order valence-corrected chi connectivity index (χ3v) is 3.81. The maximum atomic E-state index is 13.1. The lowest BCUT2D eigenvalue weighted by Gasteiger charge is -2.01. The Kier molecular flexibility index (Phi) is 5.07. The highest BCUT2D eigenvalue weighted by Gasteiger charge is 2.15. The van der Waals surface area contributed by atoms with Gasteiger partial charge in [0.1, 0.15) is 5.82 Å². The molecular formula is C12H14ClFN2OS. The van der Waals surface area contributed by atoms with Crippen LogP contribution in [0.1, 0.15) is 15.2 Å². The third kappa shape index (κ3) is 2.80. The number of carbonyl (C=O) groups excluding carboxylic acids is 1. The first-order valence-corrected chi connectivity index (χ1v) is 6.12. The van der Waals surface area contributed by atoms with Gasteiger partial charge in [0, 0.05) is 17.8 Å². The molecule has 1 amide bonds. The molecular weight excluding hydrogens is 275 g/mol. The first-order valence-electron chi connectivity index (χ1n) is 5.30. The molecule has 0 bridgehead atoms. The average molecular weight is 289 g/mol. The lowest BCUT2D eigenvalue weighted by molar-refractivity contribution is 0.0958. The SMILES string of the molecule is Cc1c(C(=O)NCCN)sc2ccc(F)cc12.Cl. The summed E-state index contributed by atoms with van der Waals surface area (Å²) in [5.74, 6) is -0.429. The molecule has 3 N–H and O–H groups in total. The van der Waals surface area contributed by atoms with E-state index in [1.165, 1.54) is 23.5 Å². The van der Waals surface area contributed by atoms with Crippen LogP contribution in [0.3, 0.4) is 0 Å². The molecule has 3 nitrogen and oxygen atoms in total. The Morgan fingerprint density at radius 1 is 1.50 bits per heavy atom. The number of aryl methyl sites for hydroxylation is 1. The Labute approximate surface area is 115 Å². The van der Waals surface area contributed by atoms with Crippen LogP contribution >= 0.6 is 23.7 Å². The van der Waals surface area contributed by atoms with Crippen LogP contribution < -0.4 is 11.1 Å². The lowest BCUT2D eigenvalue weighted by Crippen LogP contribution is -2.28. The van der Waals surface area contributed by atoms with Crippen LogP contribution in [0.2, 0.25) is 0 Å². The van der Waals surface area contributed by atoms with Gasteiger partial charge in [-0.15, -0.1) is 23.7 Å². The summed E-state index contributed by atoms with van der Waals surface area (Å²) in [7, 11) is 0. The van der Waals surface area contributed by atoms with Crippen LogP contribution in [0.5, 0.6) is 0 Å². The number of carbonyl (C=O) groups is 1. The van der Waals surface area contributed by atoms with E-state index < -0.39 is 0 Å². The van der Waals surface area contributed by atoms with Gasteiger partial charge in [-0.1, -0.05) is 0 Å². The van der Waals surface area contributed by atoms with Gasteiger partial charge in [0.2, 0.25) is 0 Å². The van der Waals surface area contributed by atoms with Gasteiger partial charge in [-0.25, -0.2) is 4.39 Å². The van der Waals surface area contributed by atoms with Crippen molar-refractivity contribution in [1.29, 1.82) is 0 Å². The summed E-state index contributed by atoms with van der Waals surface area (Å²) in [6, 6.07) is 4.56. The predicted molar refractivity (Wildman–Crippen MR) is 75.2 cm³/mol. The molecule has 1 aromatic carbocycles. The van der Waals surface area contributed by atoms with Gasteiger partial charge in [0.15, 0.2) is 0 Å². The number of benzene rings is 1. The lowest BCUT2D eigenvalue weighted by atomic mass is 10.1. The molecule has 2 aromatic rings. The first kappa shape index (κ1) is 14.9. The van der Waals surface area contributed by atoms with E-state index in [0.717, 1.165) is 15.6 Å². The summed E-state index contributed by atoms with van der Waals surface area (Å²) in [6.45, 7) is 2.68. The van der Waals surface area contributed by atoms with Gasteiger partial charge in [-0.3, -0.25) is 4.79 Å². The van der Waals surface area contributed by atoms with Crippen LogP contribution in [-0.4, -0.2) is 19.0 Å². The van der Waals surface area contributed by atoms with E-state index in [-0.39, 0.29) is 24.1 Å². The van der Waals surface area contributed by atoms with Crippen LogP contribution in [0, 0.1) is 12.7 Å². The fourth-order valence-corrected chi connectivity index (χ4v) is 2.78. The largest absolute Gasteiger partial charge is 0.350 e. The smallest absolute Gasteiger partial charge is 0.261 e. The number of halogens is 2. The molecule has 0 aliphatic heterocycles. The molecule has 0 spiro atoms. The average Bonchev–Trinajstić information content (AvgIpc) is 2.64. The first-order chi connectivity index (χ1) is 8.13. The highest BCUT2D eigenvalue weighted by molar-refractivity contribution is 7.21. The zero-order valence-electron chi connectivity index (χ0n) is 9.83. The highest BCUT2D eigenvalue weighted by Crippen LogP contribution is 2.31. The van der Waals surface area contributed by atoms with Gasteiger partial charge in [0.05, 0.1) is 4.88 Å². The van der Waals surface area contributed by atoms with Crippen molar-refractivity contribution in [3.8, 4) is 0 Å². The third-order valence-electron chi connectivity index (χ3n) is 2.53. The molecule has 0 saturated carbocycles. The van der Waals surface area contributed by atoms with Crippen LogP contribution in [-0.2, 0) is 0 Å². The summed E-state index contributed by atoms with van der Waals surface area (Å²) < 4.78 is 14.0. The normalized spacial score (nSPS) is 10.2. The minimum atomic E-state index is -0.285. The van der Waals surface area contributed by atoms with E-state index in [4.69, 9.17) is 5.73 Å². The van der Waals surface area contributed by atoms with Crippen molar-refractivity contribution in [2.75, 3.05) is 13.1 Å². The van der Waals surface area contributed by atoms with E-state index in [9.17, 15) is 9.18 Å². The molecule has 0 fully saturated rings. The molecule has 0 radical (unpaired) electrons. The summed E-state index contributed by atoms with van der Waals surface area (Å²) in [5.41, 5.74) is 6.15. The molecule has 6 heteroatoms. The molecule has 2 rings (SSSR count). The summed E-state index contributed by atoms with van der Waals surface area (Å²) in [6.07, 6.45) is 0. The second-order valence-electron chi connectivity index (χ2n) is 3.74. The van der Waals surface area contributed by atoms with E-state index >= 15 is 0 Å². The number of thiophene rings is 1. The standard InChI is InChI=1S/C12H13FN2OS.ClH/c1-7-9-6-8(13)2-3-10(9)17-11(7)12(16)15-5-4-14;/h2-3,6H,4-5,14H2,1H3,(H,15,16);1H. The van der Waals surface area contributed by atoms with E-state index in [1.807, 2.05) is 6.92 Å². The monoisotopic (exact) mass is 288 g/mol. The number of nitrogens with two attached hydrogens (primary N) is 1. The summed E-state index contributed by atoms with van der Waals surface area (Å²) >= 11 is 1.37. The molecule has 0 atom stereocenters. The number of rotatable bonds is 3. The van der Waals surface area contributed by atoms with Gasteiger partial charge in [-0.05, 0) is 36.1 Å². The van der Waals surface area contributed by atoms with Crippen molar-refractivity contribution in [3.63, 3.8) is 0 Å². The van der Waals surface area contributed by atoms with Gasteiger partial charge >= 0.3 is 0 Å². The topological polar surface area (TPSA) is 55.1 Å². The minimum Gasteiger partial charge on any atom is -0.350 e. The number of hydrogen-bond donors (Lipinski definition) is 2. The van der Waals surface area contributed by atoms with Crippen LogP contribution in [0.4, 0.5) is 4.39 Å². The minimum absolute atomic E-state index is 0. The fourth-order valence-electron chi connectivity index (χ4n) is 1.68. The second kappa shape index (κ2) is 6.13. The molecule has 1 aromatic heterocycles. The zero-order chi connectivity index (χ0) is 12.4. The Bertz CT molecular complexity index is 570. The molecule has 0 unspecified atom stereocenters. The van der Waals surface area contributed by atoms with Crippen molar-refractivity contribution < 1.29 is 9.18 Å². The predicted octanol–water partition coefficient (Wildman–Crippen LogP) is 2.46. The second-order valence-corrected chi connectivity index (χ2v) is 4.79. The molecule has 0 saturated heterocycles. The van der Waals surface area contributed by atoms with Crippen molar-refractivity contribution in [2.24, 2.45) is 5.73 Å². The number of amides is 1. The number of hydrogen-bond acceptors (Lipinski definition) is 3. The highest BCUT2D eigenvalue weighted by atomic mass is 35.5. The summed E-state index contributed by atoms with van der Waals surface area (Å²) in [5, 5.41) is 3.52. The van der Waals surface area contributed by atoms with Crippen molar-refractivity contribution in [1.82, 2.24) is 5.32 Å². The molecule has 18 heavy (non-hydrogen) atoms. The zero-order valence-corrected chi connectivity index (χ0v) is 11.5. The van der Waals surface area contributed by atoms with Crippen LogP contribution in [0.15, 0.2) is 18.2 Å². The van der Waals surface area contributed by atoms with Crippen LogP contribution in [0.25, 0.3) is 10.1 Å². The molecule has 0 aliphatic carbocycles. The van der Waals surface area contributed by atoms with Crippen molar-refractivity contribution in [2.45, 2.75) is 6.92 Å². The Balaban J connectivity index is 0.00000162. The van der Waals surface area contributed by atoms with E-state index in [0.29, 0.717) is 18.0 Å². The van der Waals surface area contributed by atoms with Crippen molar-refractivity contribution >= 4 is 39.7 Å². The van der Waals surface area contributed by atoms with E-state index in [1.54, 1.807) is 6.07 Å². The van der Waals surface area contributed by atoms with Gasteiger partial charge < -0.3 is 11.1 Å². The maximum absolute atomic E-state index is 13.1. The number of nitrogens with one attached hydrogen (secondary N) is 1. The maximum Gasteiger partial charge on any atom is 0.261 e. The Morgan fingerprint density at radius 3 is 2.89 bits per heavy atom. The van der Waals surface area contributed by atoms with Gasteiger partial charge in [-0.2, -0.15) is 0 Å². The van der Waals surface area contributed by atoms with E-state index in [2.05, 4.69) is 5.32 Å². The Hall–Kier alpha value is -1.17. The Morgan fingerprint density at radius 2 is 2.22 bits per heavy atom. The molecule has 1 heterocycles. The number of fused-ring (bicyclic) bond motifs is 1. The molecule has 98 valence electrons. The van der Waals surface area contributed by atoms with Crippen molar-refractivity contribution in [3.05, 3.63) is 34.5 Å².